The van der Waals surface area contributed by atoms with Crippen molar-refractivity contribution in [2.75, 3.05) is 5.32 Å². The van der Waals surface area contributed by atoms with Gasteiger partial charge in [-0.1, -0.05) is 36.4 Å². The van der Waals surface area contributed by atoms with E-state index in [-0.39, 0.29) is 11.4 Å². The molecule has 1 aromatic heterocycles. The number of aryl methyl sites for hydroxylation is 1. The molecule has 1 amide bonds. The number of nitro benzene ring substituents is 1. The van der Waals surface area contributed by atoms with Gasteiger partial charge in [-0.2, -0.15) is 0 Å². The smallest absolute Gasteiger partial charge is 0.293 e. The van der Waals surface area contributed by atoms with Crippen LogP contribution in [0.1, 0.15) is 41.0 Å². The third-order valence-corrected chi connectivity index (χ3v) is 5.60. The Kier molecular flexibility index (Phi) is 5.30. The van der Waals surface area contributed by atoms with E-state index in [1.54, 1.807) is 13.0 Å². The Labute approximate surface area is 170 Å². The van der Waals surface area contributed by atoms with Gasteiger partial charge < -0.3 is 9.73 Å². The second-order valence-electron chi connectivity index (χ2n) is 6.86. The molecule has 4 rings (SSSR count). The summed E-state index contributed by atoms with van der Waals surface area (Å²) < 4.78 is 5.69. The van der Waals surface area contributed by atoms with E-state index in [9.17, 15) is 14.9 Å². The fourth-order valence-electron chi connectivity index (χ4n) is 2.86. The van der Waals surface area contributed by atoms with Crippen molar-refractivity contribution in [3.05, 3.63) is 75.7 Å². The first-order chi connectivity index (χ1) is 14.0. The lowest BCUT2D eigenvalue weighted by atomic mass is 10.1. The molecule has 0 unspecified atom stereocenters. The first-order valence-electron chi connectivity index (χ1n) is 9.12. The number of hydrogen-bond acceptors (Lipinski definition) is 7. The molecule has 0 aliphatic heterocycles. The molecule has 1 aliphatic carbocycles. The molecule has 1 aliphatic rings. The van der Waals surface area contributed by atoms with Crippen LogP contribution in [0.4, 0.5) is 11.4 Å². The molecule has 1 atom stereocenters. The van der Waals surface area contributed by atoms with Gasteiger partial charge in [0.25, 0.3) is 10.9 Å². The number of amides is 1. The molecule has 3 aromatic rings. The normalized spacial score (nSPS) is 14.4. The summed E-state index contributed by atoms with van der Waals surface area (Å²) in [7, 11) is 0. The van der Waals surface area contributed by atoms with Crippen LogP contribution in [-0.2, 0) is 4.79 Å². The Balaban J connectivity index is 1.60. The van der Waals surface area contributed by atoms with Gasteiger partial charge in [0.2, 0.25) is 11.8 Å². The van der Waals surface area contributed by atoms with E-state index in [2.05, 4.69) is 15.5 Å². The van der Waals surface area contributed by atoms with Gasteiger partial charge in [0.1, 0.15) is 10.9 Å². The highest BCUT2D eigenvalue weighted by Gasteiger charge is 2.31. The number of nitro groups is 1. The van der Waals surface area contributed by atoms with Crippen LogP contribution >= 0.6 is 11.8 Å². The van der Waals surface area contributed by atoms with Crippen molar-refractivity contribution in [2.45, 2.75) is 36.2 Å². The maximum absolute atomic E-state index is 13.1. The lowest BCUT2D eigenvalue weighted by Gasteiger charge is -2.15. The van der Waals surface area contributed by atoms with Gasteiger partial charge in [0.05, 0.1) is 4.92 Å². The number of aromatic nitrogens is 2. The third kappa shape index (κ3) is 4.45. The topological polar surface area (TPSA) is 111 Å². The van der Waals surface area contributed by atoms with Crippen LogP contribution in [0.25, 0.3) is 0 Å². The Morgan fingerprint density at radius 2 is 2.00 bits per heavy atom. The number of nitrogens with one attached hydrogen (secondary N) is 1. The van der Waals surface area contributed by atoms with Crippen LogP contribution in [0, 0.1) is 17.0 Å². The van der Waals surface area contributed by atoms with Crippen LogP contribution in [0.2, 0.25) is 0 Å². The van der Waals surface area contributed by atoms with E-state index >= 15 is 0 Å². The van der Waals surface area contributed by atoms with Crippen molar-refractivity contribution in [3.63, 3.8) is 0 Å². The number of carbonyl (C=O) groups excluding carboxylic acids is 1. The average Bonchev–Trinajstić information content (AvgIpc) is 3.46. The van der Waals surface area contributed by atoms with E-state index in [4.69, 9.17) is 4.42 Å². The average molecular weight is 410 g/mol. The van der Waals surface area contributed by atoms with Gasteiger partial charge in [-0.3, -0.25) is 14.9 Å². The molecule has 2 aromatic carbocycles. The van der Waals surface area contributed by atoms with Crippen LogP contribution in [0.15, 0.2) is 58.2 Å². The summed E-state index contributed by atoms with van der Waals surface area (Å²) >= 11 is 1.13. The molecule has 0 spiro atoms. The summed E-state index contributed by atoms with van der Waals surface area (Å²) in [6.45, 7) is 1.76. The van der Waals surface area contributed by atoms with Crippen molar-refractivity contribution >= 4 is 29.0 Å². The standard InChI is InChI=1S/C20H18N4O4S/c1-12-7-10-15(16(11-12)24(26)27)21-18(25)17(13-5-3-2-4-6-13)29-20-23-22-19(28-20)14-8-9-14/h2-7,10-11,14,17H,8-9H2,1H3,(H,21,25)/t17-/m0/s1. The number of nitrogens with zero attached hydrogens (tertiary/aromatic N) is 3. The Bertz CT molecular complexity index is 1050. The van der Waals surface area contributed by atoms with Gasteiger partial charge >= 0.3 is 0 Å². The van der Waals surface area contributed by atoms with Gasteiger partial charge in [-0.25, -0.2) is 0 Å². The molecule has 1 heterocycles. The zero-order valence-corrected chi connectivity index (χ0v) is 16.4. The maximum Gasteiger partial charge on any atom is 0.293 e. The highest BCUT2D eigenvalue weighted by Crippen LogP contribution is 2.42. The molecule has 1 saturated carbocycles. The summed E-state index contributed by atoms with van der Waals surface area (Å²) in [5.74, 6) is 0.504. The van der Waals surface area contributed by atoms with E-state index in [0.29, 0.717) is 17.0 Å². The molecule has 0 radical (unpaired) electrons. The number of thioether (sulfide) groups is 1. The summed E-state index contributed by atoms with van der Waals surface area (Å²) in [6, 6.07) is 13.8. The number of rotatable bonds is 7. The zero-order valence-electron chi connectivity index (χ0n) is 15.6. The van der Waals surface area contributed by atoms with Crippen molar-refractivity contribution in [1.82, 2.24) is 10.2 Å². The van der Waals surface area contributed by atoms with Crippen molar-refractivity contribution in [2.24, 2.45) is 0 Å². The van der Waals surface area contributed by atoms with Crippen LogP contribution in [0.3, 0.4) is 0 Å². The van der Waals surface area contributed by atoms with E-state index in [1.807, 2.05) is 30.3 Å². The lowest BCUT2D eigenvalue weighted by molar-refractivity contribution is -0.384. The molecule has 1 fully saturated rings. The first-order valence-corrected chi connectivity index (χ1v) is 10.00. The fourth-order valence-corrected chi connectivity index (χ4v) is 3.74. The minimum atomic E-state index is -0.704. The number of benzene rings is 2. The fraction of sp³-hybridized carbons (Fsp3) is 0.250. The molecule has 9 heteroatoms. The van der Waals surface area contributed by atoms with Crippen molar-refractivity contribution in [3.8, 4) is 0 Å². The number of carbonyl (C=O) groups is 1. The zero-order chi connectivity index (χ0) is 20.4. The summed E-state index contributed by atoms with van der Waals surface area (Å²) in [5, 5.41) is 21.8. The summed E-state index contributed by atoms with van der Waals surface area (Å²) in [4.78, 5) is 24.0. The number of hydrogen-bond donors (Lipinski definition) is 1. The molecule has 0 saturated heterocycles. The Morgan fingerprint density at radius 3 is 2.69 bits per heavy atom. The molecule has 29 heavy (non-hydrogen) atoms. The lowest BCUT2D eigenvalue weighted by Crippen LogP contribution is -2.19. The SMILES string of the molecule is Cc1ccc(NC(=O)[C@@H](Sc2nnc(C3CC3)o2)c2ccccc2)c([N+](=O)[O-])c1. The van der Waals surface area contributed by atoms with Gasteiger partial charge in [0, 0.05) is 12.0 Å². The Hall–Kier alpha value is -3.20. The molecular weight excluding hydrogens is 392 g/mol. The minimum Gasteiger partial charge on any atom is -0.416 e. The van der Waals surface area contributed by atoms with E-state index in [1.165, 1.54) is 12.1 Å². The third-order valence-electron chi connectivity index (χ3n) is 4.52. The predicted molar refractivity (Wildman–Crippen MR) is 108 cm³/mol. The molecule has 1 N–H and O–H groups in total. The summed E-state index contributed by atoms with van der Waals surface area (Å²) in [5.41, 5.74) is 1.47. The molecular formula is C20H18N4O4S. The van der Waals surface area contributed by atoms with Crippen LogP contribution in [-0.4, -0.2) is 21.0 Å². The predicted octanol–water partition coefficient (Wildman–Crippen LogP) is 4.64. The highest BCUT2D eigenvalue weighted by atomic mass is 32.2. The minimum absolute atomic E-state index is 0.149. The second kappa shape index (κ2) is 8.04. The van der Waals surface area contributed by atoms with Gasteiger partial charge in [-0.05, 0) is 48.7 Å². The highest BCUT2D eigenvalue weighted by molar-refractivity contribution is 8.00. The van der Waals surface area contributed by atoms with E-state index < -0.39 is 16.1 Å². The number of anilines is 1. The maximum atomic E-state index is 13.1. The molecule has 8 nitrogen and oxygen atoms in total. The first kappa shape index (κ1) is 19.1. The van der Waals surface area contributed by atoms with Crippen LogP contribution < -0.4 is 5.32 Å². The van der Waals surface area contributed by atoms with Crippen LogP contribution in [0.5, 0.6) is 0 Å². The van der Waals surface area contributed by atoms with E-state index in [0.717, 1.165) is 35.7 Å². The quantitative estimate of drug-likeness (QED) is 0.343. The largest absolute Gasteiger partial charge is 0.416 e. The monoisotopic (exact) mass is 410 g/mol. The van der Waals surface area contributed by atoms with Crippen molar-refractivity contribution < 1.29 is 14.1 Å². The second-order valence-corrected chi connectivity index (χ2v) is 7.91. The summed E-state index contributed by atoms with van der Waals surface area (Å²) in [6.07, 6.45) is 2.07. The molecule has 0 bridgehead atoms. The Morgan fingerprint density at radius 1 is 1.24 bits per heavy atom. The molecule has 148 valence electrons. The van der Waals surface area contributed by atoms with Gasteiger partial charge in [0.15, 0.2) is 0 Å². The van der Waals surface area contributed by atoms with Gasteiger partial charge in [-0.15, -0.1) is 10.2 Å². The van der Waals surface area contributed by atoms with Crippen molar-refractivity contribution in [1.29, 1.82) is 0 Å².